The maximum Gasteiger partial charge on any atom is 0.0500 e. The van der Waals surface area contributed by atoms with Crippen LogP contribution in [0.25, 0.3) is 11.1 Å². The lowest BCUT2D eigenvalue weighted by atomic mass is 9.99. The Morgan fingerprint density at radius 1 is 1.00 bits per heavy atom. The van der Waals surface area contributed by atoms with Crippen molar-refractivity contribution in [2.45, 2.75) is 5.88 Å². The maximum absolute atomic E-state index is 5.92. The minimum absolute atomic E-state index is 0.400. The number of rotatable bonds is 2. The largest absolute Gasteiger partial charge is 0.399 e. The van der Waals surface area contributed by atoms with E-state index in [-0.39, 0.29) is 0 Å². The van der Waals surface area contributed by atoms with Crippen LogP contribution in [0.5, 0.6) is 0 Å². The number of halogens is 1. The predicted molar refractivity (Wildman–Crippen MR) is 70.3 cm³/mol. The Morgan fingerprint density at radius 3 is 2.44 bits per heavy atom. The van der Waals surface area contributed by atoms with E-state index in [1.54, 1.807) is 0 Å². The normalized spacial score (nSPS) is 10.3. The van der Waals surface area contributed by atoms with Crippen LogP contribution in [0.15, 0.2) is 42.5 Å². The van der Waals surface area contributed by atoms with Gasteiger partial charge in [-0.1, -0.05) is 24.3 Å². The third kappa shape index (κ3) is 1.97. The molecule has 0 radical (unpaired) electrons. The van der Waals surface area contributed by atoms with Crippen molar-refractivity contribution in [1.29, 1.82) is 0 Å². The average molecular weight is 233 g/mol. The Morgan fingerprint density at radius 2 is 1.75 bits per heavy atom. The number of nitrogen functional groups attached to an aromatic ring is 2. The highest BCUT2D eigenvalue weighted by molar-refractivity contribution is 6.18. The van der Waals surface area contributed by atoms with E-state index in [4.69, 9.17) is 23.1 Å². The molecule has 2 aromatic rings. The average Bonchev–Trinajstić information content (AvgIpc) is 2.28. The summed E-state index contributed by atoms with van der Waals surface area (Å²) in [7, 11) is 0. The standard InChI is InChI=1S/C13H13ClN2/c14-8-12-11(5-2-6-13(12)16)9-3-1-4-10(15)7-9/h1-7H,8,15-16H2. The van der Waals surface area contributed by atoms with Gasteiger partial charge < -0.3 is 11.5 Å². The van der Waals surface area contributed by atoms with Crippen molar-refractivity contribution >= 4 is 23.0 Å². The third-order valence-electron chi connectivity index (χ3n) is 2.54. The second-order valence-electron chi connectivity index (χ2n) is 3.63. The van der Waals surface area contributed by atoms with E-state index in [0.717, 1.165) is 28.1 Å². The first kappa shape index (κ1) is 10.8. The monoisotopic (exact) mass is 232 g/mol. The lowest BCUT2D eigenvalue weighted by molar-refractivity contribution is 1.40. The molecule has 0 heterocycles. The number of hydrogen-bond acceptors (Lipinski definition) is 2. The summed E-state index contributed by atoms with van der Waals surface area (Å²) in [6, 6.07) is 13.5. The number of benzene rings is 2. The predicted octanol–water partition coefficient (Wildman–Crippen LogP) is 3.26. The molecule has 82 valence electrons. The summed E-state index contributed by atoms with van der Waals surface area (Å²) in [4.78, 5) is 0. The van der Waals surface area contributed by atoms with Crippen molar-refractivity contribution in [3.05, 3.63) is 48.0 Å². The SMILES string of the molecule is Nc1cccc(-c2cccc(N)c2CCl)c1. The number of anilines is 2. The summed E-state index contributed by atoms with van der Waals surface area (Å²) in [5.41, 5.74) is 16.1. The third-order valence-corrected chi connectivity index (χ3v) is 2.81. The van der Waals surface area contributed by atoms with E-state index in [9.17, 15) is 0 Å². The summed E-state index contributed by atoms with van der Waals surface area (Å²) in [6.45, 7) is 0. The molecule has 2 aromatic carbocycles. The molecule has 0 bridgehead atoms. The molecule has 0 aliphatic carbocycles. The van der Waals surface area contributed by atoms with E-state index in [0.29, 0.717) is 5.88 Å². The Labute approximate surface area is 99.8 Å². The van der Waals surface area contributed by atoms with Crippen molar-refractivity contribution < 1.29 is 0 Å². The van der Waals surface area contributed by atoms with Gasteiger partial charge in [-0.15, -0.1) is 11.6 Å². The maximum atomic E-state index is 5.92. The zero-order valence-corrected chi connectivity index (χ0v) is 9.54. The van der Waals surface area contributed by atoms with Crippen molar-refractivity contribution in [3.8, 4) is 11.1 Å². The Balaban J connectivity index is 2.60. The van der Waals surface area contributed by atoms with E-state index in [2.05, 4.69) is 0 Å². The van der Waals surface area contributed by atoms with Gasteiger partial charge >= 0.3 is 0 Å². The molecule has 3 heteroatoms. The molecule has 0 aliphatic heterocycles. The molecular formula is C13H13ClN2. The Hall–Kier alpha value is -1.67. The van der Waals surface area contributed by atoms with Crippen molar-refractivity contribution in [2.75, 3.05) is 11.5 Å². The molecule has 0 aliphatic rings. The fourth-order valence-corrected chi connectivity index (χ4v) is 2.03. The van der Waals surface area contributed by atoms with Crippen LogP contribution in [0.2, 0.25) is 0 Å². The van der Waals surface area contributed by atoms with Gasteiger partial charge in [-0.3, -0.25) is 0 Å². The second-order valence-corrected chi connectivity index (χ2v) is 3.90. The van der Waals surface area contributed by atoms with Crippen LogP contribution in [-0.4, -0.2) is 0 Å². The number of hydrogen-bond donors (Lipinski definition) is 2. The van der Waals surface area contributed by atoms with Gasteiger partial charge in [0.2, 0.25) is 0 Å². The summed E-state index contributed by atoms with van der Waals surface area (Å²) >= 11 is 5.92. The van der Waals surface area contributed by atoms with Crippen LogP contribution in [0, 0.1) is 0 Å². The Kier molecular flexibility index (Phi) is 3.02. The number of nitrogens with two attached hydrogens (primary N) is 2. The van der Waals surface area contributed by atoms with Crippen LogP contribution in [0.4, 0.5) is 11.4 Å². The molecule has 0 amide bonds. The van der Waals surface area contributed by atoms with Gasteiger partial charge in [0.1, 0.15) is 0 Å². The number of alkyl halides is 1. The first-order valence-corrected chi connectivity index (χ1v) is 5.55. The molecule has 2 nitrogen and oxygen atoms in total. The fourth-order valence-electron chi connectivity index (χ4n) is 1.73. The van der Waals surface area contributed by atoms with E-state index in [1.807, 2.05) is 42.5 Å². The van der Waals surface area contributed by atoms with E-state index >= 15 is 0 Å². The quantitative estimate of drug-likeness (QED) is 0.617. The van der Waals surface area contributed by atoms with Gasteiger partial charge in [-0.2, -0.15) is 0 Å². The van der Waals surface area contributed by atoms with Gasteiger partial charge in [0, 0.05) is 11.4 Å². The van der Waals surface area contributed by atoms with Gasteiger partial charge in [0.05, 0.1) is 5.88 Å². The molecule has 0 spiro atoms. The minimum Gasteiger partial charge on any atom is -0.399 e. The first-order chi connectivity index (χ1) is 7.72. The molecular weight excluding hydrogens is 220 g/mol. The van der Waals surface area contributed by atoms with Crippen molar-refractivity contribution in [3.63, 3.8) is 0 Å². The molecule has 16 heavy (non-hydrogen) atoms. The van der Waals surface area contributed by atoms with Crippen LogP contribution in [-0.2, 0) is 5.88 Å². The van der Waals surface area contributed by atoms with Crippen LogP contribution >= 0.6 is 11.6 Å². The molecule has 0 fully saturated rings. The van der Waals surface area contributed by atoms with Crippen LogP contribution in [0.3, 0.4) is 0 Å². The smallest absolute Gasteiger partial charge is 0.0500 e. The van der Waals surface area contributed by atoms with Crippen molar-refractivity contribution in [2.24, 2.45) is 0 Å². The lowest BCUT2D eigenvalue weighted by Crippen LogP contribution is -1.95. The summed E-state index contributed by atoms with van der Waals surface area (Å²) in [6.07, 6.45) is 0. The lowest BCUT2D eigenvalue weighted by Gasteiger charge is -2.10. The van der Waals surface area contributed by atoms with Gasteiger partial charge in [0.15, 0.2) is 0 Å². The summed E-state index contributed by atoms with van der Waals surface area (Å²) in [5.74, 6) is 0.400. The van der Waals surface area contributed by atoms with Crippen LogP contribution < -0.4 is 11.5 Å². The van der Waals surface area contributed by atoms with E-state index < -0.39 is 0 Å². The highest BCUT2D eigenvalue weighted by atomic mass is 35.5. The zero-order valence-electron chi connectivity index (χ0n) is 8.78. The molecule has 0 aromatic heterocycles. The van der Waals surface area contributed by atoms with Gasteiger partial charge in [0.25, 0.3) is 0 Å². The van der Waals surface area contributed by atoms with Gasteiger partial charge in [-0.25, -0.2) is 0 Å². The fraction of sp³-hybridized carbons (Fsp3) is 0.0769. The molecule has 0 unspecified atom stereocenters. The molecule has 0 atom stereocenters. The summed E-state index contributed by atoms with van der Waals surface area (Å²) in [5, 5.41) is 0. The molecule has 0 saturated heterocycles. The zero-order chi connectivity index (χ0) is 11.5. The Bertz CT molecular complexity index is 509. The first-order valence-electron chi connectivity index (χ1n) is 5.01. The molecule has 4 N–H and O–H groups in total. The molecule has 0 saturated carbocycles. The van der Waals surface area contributed by atoms with E-state index in [1.165, 1.54) is 0 Å². The minimum atomic E-state index is 0.400. The topological polar surface area (TPSA) is 52.0 Å². The van der Waals surface area contributed by atoms with Gasteiger partial charge in [-0.05, 0) is 34.9 Å². The van der Waals surface area contributed by atoms with Crippen LogP contribution in [0.1, 0.15) is 5.56 Å². The highest BCUT2D eigenvalue weighted by Crippen LogP contribution is 2.29. The highest BCUT2D eigenvalue weighted by Gasteiger charge is 2.07. The second kappa shape index (κ2) is 4.45. The molecule has 2 rings (SSSR count). The van der Waals surface area contributed by atoms with Crippen molar-refractivity contribution in [1.82, 2.24) is 0 Å². The summed E-state index contributed by atoms with van der Waals surface area (Å²) < 4.78 is 0.